The molecule has 2 heterocycles. The summed E-state index contributed by atoms with van der Waals surface area (Å²) in [4.78, 5) is 15.7. The van der Waals surface area contributed by atoms with Crippen LogP contribution >= 0.6 is 27.5 Å². The summed E-state index contributed by atoms with van der Waals surface area (Å²) in [5.41, 5.74) is 5.82. The first-order chi connectivity index (χ1) is 15.1. The number of aryl methyl sites for hydroxylation is 1. The molecule has 1 aromatic heterocycles. The van der Waals surface area contributed by atoms with E-state index in [1.807, 2.05) is 49.4 Å². The standard InChI is InChI=1S/C21H21BrClN7O/c1-14-2-7-18(17(22)12-14)25-19-26-20(28-21(27-19)30-8-10-31-11-9-30)29-24-13-15-3-5-16(23)6-4-15/h2-7,12-13H,8-11H2,1H3,(H2,25,26,27,28,29)/b24-13+. The normalized spacial score (nSPS) is 14.1. The summed E-state index contributed by atoms with van der Waals surface area (Å²) in [6.45, 7) is 4.73. The van der Waals surface area contributed by atoms with Gasteiger partial charge >= 0.3 is 0 Å². The quantitative estimate of drug-likeness (QED) is 0.375. The topological polar surface area (TPSA) is 87.6 Å². The van der Waals surface area contributed by atoms with Gasteiger partial charge in [0, 0.05) is 22.6 Å². The third kappa shape index (κ3) is 5.90. The Kier molecular flexibility index (Phi) is 6.96. The minimum atomic E-state index is 0.340. The van der Waals surface area contributed by atoms with E-state index in [4.69, 9.17) is 16.3 Å². The number of ether oxygens (including phenoxy) is 1. The summed E-state index contributed by atoms with van der Waals surface area (Å²) < 4.78 is 6.37. The number of benzene rings is 2. The van der Waals surface area contributed by atoms with Crippen LogP contribution in [0.15, 0.2) is 52.0 Å². The summed E-state index contributed by atoms with van der Waals surface area (Å²) in [6, 6.07) is 13.4. The van der Waals surface area contributed by atoms with Crippen molar-refractivity contribution in [2.24, 2.45) is 5.10 Å². The zero-order valence-corrected chi connectivity index (χ0v) is 19.2. The van der Waals surface area contributed by atoms with Gasteiger partial charge in [-0.3, -0.25) is 0 Å². The molecule has 0 saturated carbocycles. The molecular weight excluding hydrogens is 482 g/mol. The first kappa shape index (κ1) is 21.5. The van der Waals surface area contributed by atoms with Crippen LogP contribution in [0, 0.1) is 6.92 Å². The lowest BCUT2D eigenvalue weighted by Gasteiger charge is -2.27. The average molecular weight is 503 g/mol. The fourth-order valence-corrected chi connectivity index (χ4v) is 3.65. The molecule has 31 heavy (non-hydrogen) atoms. The molecule has 0 radical (unpaired) electrons. The van der Waals surface area contributed by atoms with Gasteiger partial charge in [-0.2, -0.15) is 20.1 Å². The number of rotatable bonds is 6. The Hall–Kier alpha value is -2.75. The Morgan fingerprint density at radius 2 is 1.81 bits per heavy atom. The molecule has 3 aromatic rings. The van der Waals surface area contributed by atoms with Crippen LogP contribution in [-0.2, 0) is 4.74 Å². The molecule has 1 aliphatic heterocycles. The minimum absolute atomic E-state index is 0.340. The number of morpholine rings is 1. The van der Waals surface area contributed by atoms with Crippen LogP contribution in [0.1, 0.15) is 11.1 Å². The third-order valence-electron chi connectivity index (χ3n) is 4.54. The van der Waals surface area contributed by atoms with Crippen molar-refractivity contribution < 1.29 is 4.74 Å². The van der Waals surface area contributed by atoms with Crippen LogP contribution in [-0.4, -0.2) is 47.5 Å². The SMILES string of the molecule is Cc1ccc(Nc2nc(N/N=C/c3ccc(Cl)cc3)nc(N3CCOCC3)n2)c(Br)c1. The van der Waals surface area contributed by atoms with Crippen LogP contribution in [0.25, 0.3) is 0 Å². The van der Waals surface area contributed by atoms with Crippen molar-refractivity contribution in [1.29, 1.82) is 0 Å². The predicted molar refractivity (Wildman–Crippen MR) is 128 cm³/mol. The molecule has 8 nitrogen and oxygen atoms in total. The number of aromatic nitrogens is 3. The molecule has 1 saturated heterocycles. The molecular formula is C21H21BrClN7O. The highest BCUT2D eigenvalue weighted by molar-refractivity contribution is 9.10. The summed E-state index contributed by atoms with van der Waals surface area (Å²) in [5, 5.41) is 8.19. The lowest BCUT2D eigenvalue weighted by molar-refractivity contribution is 0.122. The molecule has 1 aliphatic rings. The van der Waals surface area contributed by atoms with Crippen molar-refractivity contribution >= 4 is 57.3 Å². The van der Waals surface area contributed by atoms with Crippen molar-refractivity contribution in [3.05, 3.63) is 63.1 Å². The van der Waals surface area contributed by atoms with E-state index in [1.54, 1.807) is 6.21 Å². The van der Waals surface area contributed by atoms with Crippen LogP contribution in [0.3, 0.4) is 0 Å². The van der Waals surface area contributed by atoms with Gasteiger partial charge in [-0.05, 0) is 58.2 Å². The molecule has 2 N–H and O–H groups in total. The van der Waals surface area contributed by atoms with Crippen LogP contribution in [0.2, 0.25) is 5.02 Å². The molecule has 0 spiro atoms. The number of hydrogen-bond donors (Lipinski definition) is 2. The Bertz CT molecular complexity index is 1070. The van der Waals surface area contributed by atoms with Gasteiger partial charge < -0.3 is 15.0 Å². The molecule has 0 atom stereocenters. The van der Waals surface area contributed by atoms with E-state index < -0.39 is 0 Å². The van der Waals surface area contributed by atoms with Crippen molar-refractivity contribution in [2.75, 3.05) is 41.9 Å². The minimum Gasteiger partial charge on any atom is -0.378 e. The lowest BCUT2D eigenvalue weighted by atomic mass is 10.2. The van der Waals surface area contributed by atoms with E-state index in [1.165, 1.54) is 0 Å². The van der Waals surface area contributed by atoms with E-state index in [-0.39, 0.29) is 0 Å². The number of hydrazone groups is 1. The van der Waals surface area contributed by atoms with Crippen molar-refractivity contribution in [1.82, 2.24) is 15.0 Å². The van der Waals surface area contributed by atoms with Crippen molar-refractivity contribution in [3.8, 4) is 0 Å². The number of nitrogens with zero attached hydrogens (tertiary/aromatic N) is 5. The van der Waals surface area contributed by atoms with E-state index >= 15 is 0 Å². The van der Waals surface area contributed by atoms with Gasteiger partial charge in [0.25, 0.3) is 0 Å². The highest BCUT2D eigenvalue weighted by atomic mass is 79.9. The van der Waals surface area contributed by atoms with Gasteiger partial charge in [-0.25, -0.2) is 5.43 Å². The molecule has 0 unspecified atom stereocenters. The summed E-state index contributed by atoms with van der Waals surface area (Å²) >= 11 is 9.51. The average Bonchev–Trinajstić information content (AvgIpc) is 2.78. The number of halogens is 2. The third-order valence-corrected chi connectivity index (χ3v) is 5.44. The molecule has 10 heteroatoms. The summed E-state index contributed by atoms with van der Waals surface area (Å²) in [7, 11) is 0. The van der Waals surface area contributed by atoms with E-state index in [2.05, 4.69) is 51.6 Å². The molecule has 1 fully saturated rings. The van der Waals surface area contributed by atoms with Crippen LogP contribution in [0.5, 0.6) is 0 Å². The van der Waals surface area contributed by atoms with Crippen LogP contribution < -0.4 is 15.6 Å². The molecule has 0 amide bonds. The van der Waals surface area contributed by atoms with Gasteiger partial charge in [0.2, 0.25) is 17.8 Å². The maximum Gasteiger partial charge on any atom is 0.250 e. The van der Waals surface area contributed by atoms with E-state index in [0.717, 1.165) is 21.3 Å². The summed E-state index contributed by atoms with van der Waals surface area (Å²) in [6.07, 6.45) is 1.68. The number of anilines is 4. The smallest absolute Gasteiger partial charge is 0.250 e. The first-order valence-electron chi connectivity index (χ1n) is 9.73. The first-order valence-corrected chi connectivity index (χ1v) is 10.9. The van der Waals surface area contributed by atoms with Gasteiger partial charge in [0.15, 0.2) is 0 Å². The summed E-state index contributed by atoms with van der Waals surface area (Å²) in [5.74, 6) is 1.32. The zero-order chi connectivity index (χ0) is 21.6. The van der Waals surface area contributed by atoms with Gasteiger partial charge in [-0.15, -0.1) is 0 Å². The molecule has 2 aromatic carbocycles. The predicted octanol–water partition coefficient (Wildman–Crippen LogP) is 4.62. The molecule has 4 rings (SSSR count). The fourth-order valence-electron chi connectivity index (χ4n) is 2.93. The van der Waals surface area contributed by atoms with Crippen molar-refractivity contribution in [3.63, 3.8) is 0 Å². The fraction of sp³-hybridized carbons (Fsp3) is 0.238. The molecule has 160 valence electrons. The van der Waals surface area contributed by atoms with E-state index in [9.17, 15) is 0 Å². The lowest BCUT2D eigenvalue weighted by Crippen LogP contribution is -2.37. The molecule has 0 bridgehead atoms. The Balaban J connectivity index is 1.58. The second-order valence-electron chi connectivity index (χ2n) is 6.91. The Labute approximate surface area is 193 Å². The van der Waals surface area contributed by atoms with Crippen molar-refractivity contribution in [2.45, 2.75) is 6.92 Å². The highest BCUT2D eigenvalue weighted by Crippen LogP contribution is 2.26. The maximum atomic E-state index is 5.93. The Morgan fingerprint density at radius 1 is 1.06 bits per heavy atom. The number of hydrogen-bond acceptors (Lipinski definition) is 8. The number of nitrogens with one attached hydrogen (secondary N) is 2. The van der Waals surface area contributed by atoms with E-state index in [0.29, 0.717) is 49.2 Å². The Morgan fingerprint density at radius 3 is 2.55 bits per heavy atom. The largest absolute Gasteiger partial charge is 0.378 e. The van der Waals surface area contributed by atoms with Gasteiger partial charge in [0.05, 0.1) is 25.1 Å². The zero-order valence-electron chi connectivity index (χ0n) is 16.8. The van der Waals surface area contributed by atoms with Crippen LogP contribution in [0.4, 0.5) is 23.5 Å². The highest BCUT2D eigenvalue weighted by Gasteiger charge is 2.17. The second kappa shape index (κ2) is 10.0. The second-order valence-corrected chi connectivity index (χ2v) is 8.20. The van der Waals surface area contributed by atoms with Gasteiger partial charge in [-0.1, -0.05) is 29.8 Å². The van der Waals surface area contributed by atoms with Gasteiger partial charge in [0.1, 0.15) is 0 Å². The monoisotopic (exact) mass is 501 g/mol. The maximum absolute atomic E-state index is 5.93. The molecule has 0 aliphatic carbocycles.